The van der Waals surface area contributed by atoms with Gasteiger partial charge in [0.1, 0.15) is 5.75 Å². The fraction of sp³-hybridized carbons (Fsp3) is 0.0556. The summed E-state index contributed by atoms with van der Waals surface area (Å²) in [6.45, 7) is 0. The zero-order valence-corrected chi connectivity index (χ0v) is 17.4. The number of ether oxygens (including phenoxy) is 1. The van der Waals surface area contributed by atoms with Gasteiger partial charge < -0.3 is 4.74 Å². The van der Waals surface area contributed by atoms with E-state index in [2.05, 4.69) is 41.9 Å². The minimum atomic E-state index is -0.192. The van der Waals surface area contributed by atoms with Crippen LogP contribution in [0.2, 0.25) is 0 Å². The summed E-state index contributed by atoms with van der Waals surface area (Å²) in [5, 5.41) is 4.36. The second-order valence-corrected chi connectivity index (χ2v) is 8.28. The van der Waals surface area contributed by atoms with E-state index in [4.69, 9.17) is 4.74 Å². The fourth-order valence-corrected chi connectivity index (χ4v) is 4.06. The molecule has 0 saturated heterocycles. The second kappa shape index (κ2) is 6.94. The Morgan fingerprint density at radius 2 is 1.85 bits per heavy atom. The molecule has 0 N–H and O–H groups in total. The molecule has 0 spiro atoms. The molecule has 5 nitrogen and oxygen atoms in total. The molecule has 0 saturated carbocycles. The van der Waals surface area contributed by atoms with Gasteiger partial charge in [-0.25, -0.2) is 0 Å². The molecule has 4 aromatic rings. The van der Waals surface area contributed by atoms with Crippen LogP contribution in [-0.2, 0) is 0 Å². The molecule has 0 bridgehead atoms. The van der Waals surface area contributed by atoms with Crippen LogP contribution in [0, 0.1) is 0 Å². The standard InChI is InChI=1S/C18H11Br2N3O2S/c1-25-14-7-6-13(20)8-11(14)9-15-17(24)23-18(26-15)21-16(22-23)10-2-4-12(19)5-3-10/h2-9H,1H3. The van der Waals surface area contributed by atoms with Gasteiger partial charge in [-0.1, -0.05) is 55.3 Å². The summed E-state index contributed by atoms with van der Waals surface area (Å²) < 4.78 is 9.15. The van der Waals surface area contributed by atoms with Crippen LogP contribution in [0.5, 0.6) is 5.75 Å². The number of thiazole rings is 1. The monoisotopic (exact) mass is 491 g/mol. The molecule has 0 aliphatic rings. The Morgan fingerprint density at radius 1 is 1.12 bits per heavy atom. The third-order valence-corrected chi connectivity index (χ3v) is 5.74. The van der Waals surface area contributed by atoms with Gasteiger partial charge in [0.25, 0.3) is 5.56 Å². The summed E-state index contributed by atoms with van der Waals surface area (Å²) in [6.07, 6.45) is 1.80. The average molecular weight is 493 g/mol. The quantitative estimate of drug-likeness (QED) is 0.435. The summed E-state index contributed by atoms with van der Waals surface area (Å²) in [5.41, 5.74) is 1.49. The van der Waals surface area contributed by atoms with Crippen LogP contribution < -0.4 is 14.8 Å². The maximum absolute atomic E-state index is 12.7. The van der Waals surface area contributed by atoms with Crippen LogP contribution in [-0.4, -0.2) is 21.7 Å². The number of hydrogen-bond acceptors (Lipinski definition) is 5. The van der Waals surface area contributed by atoms with Gasteiger partial charge in [0.15, 0.2) is 5.82 Å². The van der Waals surface area contributed by atoms with Crippen molar-refractivity contribution in [1.82, 2.24) is 14.6 Å². The normalized spacial score (nSPS) is 12.0. The zero-order valence-electron chi connectivity index (χ0n) is 13.4. The Kier molecular flexibility index (Phi) is 4.64. The summed E-state index contributed by atoms with van der Waals surface area (Å²) >= 11 is 8.15. The van der Waals surface area contributed by atoms with Crippen molar-refractivity contribution in [3.63, 3.8) is 0 Å². The number of rotatable bonds is 3. The van der Waals surface area contributed by atoms with Crippen molar-refractivity contribution < 1.29 is 4.74 Å². The van der Waals surface area contributed by atoms with Gasteiger partial charge in [-0.05, 0) is 36.4 Å². The first-order valence-corrected chi connectivity index (χ1v) is 9.96. The van der Waals surface area contributed by atoms with E-state index in [-0.39, 0.29) is 5.56 Å². The summed E-state index contributed by atoms with van der Waals surface area (Å²) in [6, 6.07) is 13.3. The van der Waals surface area contributed by atoms with E-state index in [1.54, 1.807) is 13.2 Å². The van der Waals surface area contributed by atoms with Gasteiger partial charge in [-0.3, -0.25) is 4.79 Å². The van der Waals surface area contributed by atoms with Crippen LogP contribution >= 0.6 is 43.2 Å². The smallest absolute Gasteiger partial charge is 0.291 e. The Balaban J connectivity index is 1.83. The number of methoxy groups -OCH3 is 1. The van der Waals surface area contributed by atoms with Crippen LogP contribution in [0.25, 0.3) is 22.4 Å². The first kappa shape index (κ1) is 17.4. The maximum atomic E-state index is 12.7. The molecule has 0 unspecified atom stereocenters. The highest BCUT2D eigenvalue weighted by Gasteiger charge is 2.12. The summed E-state index contributed by atoms with van der Waals surface area (Å²) in [4.78, 5) is 17.7. The first-order valence-electron chi connectivity index (χ1n) is 7.56. The molecule has 2 aromatic heterocycles. The zero-order chi connectivity index (χ0) is 18.3. The number of hydrogen-bond donors (Lipinski definition) is 0. The average Bonchev–Trinajstić information content (AvgIpc) is 3.16. The predicted octanol–water partition coefficient (Wildman–Crippen LogP) is 3.90. The predicted molar refractivity (Wildman–Crippen MR) is 110 cm³/mol. The van der Waals surface area contributed by atoms with Gasteiger partial charge in [0, 0.05) is 20.1 Å². The van der Waals surface area contributed by atoms with Crippen molar-refractivity contribution in [3.8, 4) is 17.1 Å². The Labute approximate surface area is 169 Å². The number of nitrogens with zero attached hydrogens (tertiary/aromatic N) is 3. The third-order valence-electron chi connectivity index (χ3n) is 3.76. The van der Waals surface area contributed by atoms with E-state index in [1.165, 1.54) is 15.9 Å². The first-order chi connectivity index (χ1) is 12.5. The topological polar surface area (TPSA) is 56.5 Å². The molecule has 26 heavy (non-hydrogen) atoms. The van der Waals surface area contributed by atoms with Crippen molar-refractivity contribution in [2.45, 2.75) is 0 Å². The molecule has 0 aliphatic heterocycles. The highest BCUT2D eigenvalue weighted by Crippen LogP contribution is 2.24. The van der Waals surface area contributed by atoms with Crippen molar-refractivity contribution >= 4 is 54.2 Å². The molecule has 2 aromatic carbocycles. The lowest BCUT2D eigenvalue weighted by atomic mass is 10.2. The van der Waals surface area contributed by atoms with Gasteiger partial charge >= 0.3 is 0 Å². The van der Waals surface area contributed by atoms with Crippen molar-refractivity contribution in [2.24, 2.45) is 0 Å². The minimum Gasteiger partial charge on any atom is -0.496 e. The Bertz CT molecular complexity index is 1220. The Morgan fingerprint density at radius 3 is 2.54 bits per heavy atom. The van der Waals surface area contributed by atoms with E-state index in [9.17, 15) is 4.79 Å². The van der Waals surface area contributed by atoms with Crippen LogP contribution in [0.15, 0.2) is 56.2 Å². The van der Waals surface area contributed by atoms with Gasteiger partial charge in [0.2, 0.25) is 4.96 Å². The van der Waals surface area contributed by atoms with E-state index in [0.29, 0.717) is 21.1 Å². The minimum absolute atomic E-state index is 0.192. The molecule has 8 heteroatoms. The van der Waals surface area contributed by atoms with E-state index in [1.807, 2.05) is 42.5 Å². The van der Waals surface area contributed by atoms with E-state index < -0.39 is 0 Å². The molecular formula is C18H11Br2N3O2S. The molecule has 0 aliphatic carbocycles. The van der Waals surface area contributed by atoms with Crippen LogP contribution in [0.3, 0.4) is 0 Å². The van der Waals surface area contributed by atoms with Gasteiger partial charge in [-0.15, -0.1) is 5.10 Å². The molecule has 0 radical (unpaired) electrons. The second-order valence-electron chi connectivity index (χ2n) is 5.44. The number of benzene rings is 2. The molecule has 0 fully saturated rings. The molecular weight excluding hydrogens is 482 g/mol. The van der Waals surface area contributed by atoms with E-state index >= 15 is 0 Å². The summed E-state index contributed by atoms with van der Waals surface area (Å²) in [7, 11) is 1.60. The third kappa shape index (κ3) is 3.20. The maximum Gasteiger partial charge on any atom is 0.291 e. The Hall–Kier alpha value is -2.03. The van der Waals surface area contributed by atoms with Crippen LogP contribution in [0.4, 0.5) is 0 Å². The molecule has 2 heterocycles. The lowest BCUT2D eigenvalue weighted by Crippen LogP contribution is -2.23. The number of fused-ring (bicyclic) bond motifs is 1. The lowest BCUT2D eigenvalue weighted by Gasteiger charge is -2.04. The van der Waals surface area contributed by atoms with Crippen LogP contribution in [0.1, 0.15) is 5.56 Å². The molecule has 130 valence electrons. The molecule has 0 atom stereocenters. The molecule has 4 rings (SSSR count). The lowest BCUT2D eigenvalue weighted by molar-refractivity contribution is 0.414. The molecule has 0 amide bonds. The van der Waals surface area contributed by atoms with E-state index in [0.717, 1.165) is 20.1 Å². The number of aromatic nitrogens is 3. The highest BCUT2D eigenvalue weighted by molar-refractivity contribution is 9.10. The largest absolute Gasteiger partial charge is 0.496 e. The van der Waals surface area contributed by atoms with Crippen molar-refractivity contribution in [2.75, 3.05) is 7.11 Å². The van der Waals surface area contributed by atoms with Crippen molar-refractivity contribution in [3.05, 3.63) is 71.9 Å². The van der Waals surface area contributed by atoms with Gasteiger partial charge in [0.05, 0.1) is 11.6 Å². The fourth-order valence-electron chi connectivity index (χ4n) is 2.51. The summed E-state index contributed by atoms with van der Waals surface area (Å²) in [5.74, 6) is 1.23. The highest BCUT2D eigenvalue weighted by atomic mass is 79.9. The van der Waals surface area contributed by atoms with Gasteiger partial charge in [-0.2, -0.15) is 9.50 Å². The number of halogens is 2. The SMILES string of the molecule is COc1ccc(Br)cc1C=c1sc2nc(-c3ccc(Br)cc3)nn2c1=O. The van der Waals surface area contributed by atoms with Crippen molar-refractivity contribution in [1.29, 1.82) is 0 Å².